The largest absolute Gasteiger partial charge is 0.397 e. The minimum atomic E-state index is -0.254. The summed E-state index contributed by atoms with van der Waals surface area (Å²) in [5.41, 5.74) is 7.02. The summed E-state index contributed by atoms with van der Waals surface area (Å²) >= 11 is 3.36. The molecule has 1 amide bonds. The van der Waals surface area contributed by atoms with E-state index in [1.165, 1.54) is 0 Å². The van der Waals surface area contributed by atoms with E-state index in [0.29, 0.717) is 12.1 Å². The summed E-state index contributed by atoms with van der Waals surface area (Å²) in [6, 6.07) is 5.52. The highest BCUT2D eigenvalue weighted by Crippen LogP contribution is 2.39. The average Bonchev–Trinajstić information content (AvgIpc) is 2.33. The highest BCUT2D eigenvalue weighted by atomic mass is 79.9. The lowest BCUT2D eigenvalue weighted by molar-refractivity contribution is -0.131. The molecule has 1 fully saturated rings. The highest BCUT2D eigenvalue weighted by molar-refractivity contribution is 9.10. The summed E-state index contributed by atoms with van der Waals surface area (Å²) in [6.45, 7) is 0. The zero-order chi connectivity index (χ0) is 14.0. The normalized spacial score (nSPS) is 16.8. The number of hydrogen-bond acceptors (Lipinski definition) is 3. The Bertz CT molecular complexity index is 481. The van der Waals surface area contributed by atoms with Gasteiger partial charge >= 0.3 is 0 Å². The van der Waals surface area contributed by atoms with Gasteiger partial charge in [0.2, 0.25) is 5.91 Å². The van der Waals surface area contributed by atoms with E-state index in [4.69, 9.17) is 10.5 Å². The molecule has 0 bridgehead atoms. The SMILES string of the molecule is COC1(CC(=O)N(C)c2ccc(Br)cc2N)CCC1. The van der Waals surface area contributed by atoms with E-state index in [1.807, 2.05) is 12.1 Å². The molecule has 0 saturated heterocycles. The van der Waals surface area contributed by atoms with Crippen molar-refractivity contribution in [3.05, 3.63) is 22.7 Å². The maximum absolute atomic E-state index is 12.3. The number of carbonyl (C=O) groups is 1. The third-order valence-corrected chi connectivity index (χ3v) is 4.39. The van der Waals surface area contributed by atoms with Gasteiger partial charge in [-0.1, -0.05) is 15.9 Å². The molecule has 1 aliphatic carbocycles. The Labute approximate surface area is 122 Å². The number of halogens is 1. The first-order valence-electron chi connectivity index (χ1n) is 6.34. The molecule has 1 saturated carbocycles. The Morgan fingerprint density at radius 2 is 2.21 bits per heavy atom. The van der Waals surface area contributed by atoms with Gasteiger partial charge in [0, 0.05) is 18.6 Å². The van der Waals surface area contributed by atoms with E-state index < -0.39 is 0 Å². The number of amides is 1. The molecular formula is C14H19BrN2O2. The van der Waals surface area contributed by atoms with E-state index in [9.17, 15) is 4.79 Å². The quantitative estimate of drug-likeness (QED) is 0.865. The van der Waals surface area contributed by atoms with Crippen LogP contribution in [0.15, 0.2) is 22.7 Å². The van der Waals surface area contributed by atoms with Crippen molar-refractivity contribution in [3.63, 3.8) is 0 Å². The van der Waals surface area contributed by atoms with Gasteiger partial charge in [-0.05, 0) is 37.5 Å². The number of nitrogens with zero attached hydrogens (tertiary/aromatic N) is 1. The molecule has 104 valence electrons. The number of hydrogen-bond donors (Lipinski definition) is 1. The Balaban J connectivity index is 2.10. The topological polar surface area (TPSA) is 55.6 Å². The monoisotopic (exact) mass is 326 g/mol. The first kappa shape index (κ1) is 14.3. The molecule has 0 unspecified atom stereocenters. The number of anilines is 2. The minimum Gasteiger partial charge on any atom is -0.397 e. The molecule has 1 aliphatic rings. The summed E-state index contributed by atoms with van der Waals surface area (Å²) in [6.07, 6.45) is 3.46. The van der Waals surface area contributed by atoms with Gasteiger partial charge < -0.3 is 15.4 Å². The lowest BCUT2D eigenvalue weighted by atomic mass is 9.77. The van der Waals surface area contributed by atoms with Crippen LogP contribution < -0.4 is 10.6 Å². The van der Waals surface area contributed by atoms with Crippen LogP contribution in [0.3, 0.4) is 0 Å². The minimum absolute atomic E-state index is 0.0376. The smallest absolute Gasteiger partial charge is 0.229 e. The lowest BCUT2D eigenvalue weighted by Crippen LogP contribution is -2.44. The lowest BCUT2D eigenvalue weighted by Gasteiger charge is -2.40. The van der Waals surface area contributed by atoms with Crippen molar-refractivity contribution in [2.45, 2.75) is 31.3 Å². The molecule has 2 N–H and O–H groups in total. The zero-order valence-corrected chi connectivity index (χ0v) is 12.9. The molecule has 4 nitrogen and oxygen atoms in total. The van der Waals surface area contributed by atoms with Crippen LogP contribution in [-0.4, -0.2) is 25.7 Å². The summed E-state index contributed by atoms with van der Waals surface area (Å²) in [5, 5.41) is 0. The second-order valence-electron chi connectivity index (χ2n) is 5.07. The molecular weight excluding hydrogens is 308 g/mol. The number of benzene rings is 1. The number of ether oxygens (including phenoxy) is 1. The molecule has 5 heteroatoms. The first-order valence-corrected chi connectivity index (χ1v) is 7.13. The van der Waals surface area contributed by atoms with Gasteiger partial charge in [0.05, 0.1) is 23.4 Å². The molecule has 1 aromatic rings. The Kier molecular flexibility index (Phi) is 4.16. The molecule has 0 aromatic heterocycles. The Morgan fingerprint density at radius 1 is 1.53 bits per heavy atom. The van der Waals surface area contributed by atoms with Gasteiger partial charge in [0.25, 0.3) is 0 Å². The predicted octanol–water partition coefficient (Wildman–Crippen LogP) is 2.95. The maximum atomic E-state index is 12.3. The Morgan fingerprint density at radius 3 is 2.68 bits per heavy atom. The van der Waals surface area contributed by atoms with Gasteiger partial charge in [0.1, 0.15) is 0 Å². The maximum Gasteiger partial charge on any atom is 0.229 e. The standard InChI is InChI=1S/C14H19BrN2O2/c1-17(12-5-4-10(15)8-11(12)16)13(18)9-14(19-2)6-3-7-14/h4-5,8H,3,6-7,9,16H2,1-2H3. The fourth-order valence-electron chi connectivity index (χ4n) is 2.38. The fourth-order valence-corrected chi connectivity index (χ4v) is 2.76. The fraction of sp³-hybridized carbons (Fsp3) is 0.500. The van der Waals surface area contributed by atoms with E-state index in [0.717, 1.165) is 29.4 Å². The number of methoxy groups -OCH3 is 1. The van der Waals surface area contributed by atoms with Crippen molar-refractivity contribution in [1.29, 1.82) is 0 Å². The van der Waals surface area contributed by atoms with Crippen LogP contribution in [0.4, 0.5) is 11.4 Å². The average molecular weight is 327 g/mol. The third kappa shape index (κ3) is 2.92. The Hall–Kier alpha value is -1.07. The third-order valence-electron chi connectivity index (χ3n) is 3.90. The van der Waals surface area contributed by atoms with Crippen molar-refractivity contribution in [3.8, 4) is 0 Å². The van der Waals surface area contributed by atoms with Gasteiger partial charge in [-0.25, -0.2) is 0 Å². The van der Waals surface area contributed by atoms with Crippen molar-refractivity contribution < 1.29 is 9.53 Å². The van der Waals surface area contributed by atoms with Crippen molar-refractivity contribution in [2.75, 3.05) is 24.8 Å². The molecule has 2 rings (SSSR count). The van der Waals surface area contributed by atoms with Crippen molar-refractivity contribution in [2.24, 2.45) is 0 Å². The van der Waals surface area contributed by atoms with Crippen LogP contribution in [0.2, 0.25) is 0 Å². The second-order valence-corrected chi connectivity index (χ2v) is 5.99. The predicted molar refractivity (Wildman–Crippen MR) is 80.2 cm³/mol. The molecule has 19 heavy (non-hydrogen) atoms. The second kappa shape index (κ2) is 5.51. The molecule has 0 radical (unpaired) electrons. The molecule has 0 aliphatic heterocycles. The number of carbonyl (C=O) groups excluding carboxylic acids is 1. The van der Waals surface area contributed by atoms with Crippen LogP contribution in [0.25, 0.3) is 0 Å². The summed E-state index contributed by atoms with van der Waals surface area (Å²) < 4.78 is 6.40. The zero-order valence-electron chi connectivity index (χ0n) is 11.3. The van der Waals surface area contributed by atoms with E-state index in [1.54, 1.807) is 25.1 Å². The molecule has 0 heterocycles. The summed E-state index contributed by atoms with van der Waals surface area (Å²) in [5.74, 6) is 0.0376. The van der Waals surface area contributed by atoms with Gasteiger partial charge in [-0.15, -0.1) is 0 Å². The summed E-state index contributed by atoms with van der Waals surface area (Å²) in [4.78, 5) is 13.9. The number of nitrogens with two attached hydrogens (primary N) is 1. The number of nitrogen functional groups attached to an aromatic ring is 1. The van der Waals surface area contributed by atoms with Crippen LogP contribution in [0.1, 0.15) is 25.7 Å². The van der Waals surface area contributed by atoms with E-state index in [2.05, 4.69) is 15.9 Å². The van der Waals surface area contributed by atoms with Crippen LogP contribution in [-0.2, 0) is 9.53 Å². The van der Waals surface area contributed by atoms with Crippen LogP contribution in [0, 0.1) is 0 Å². The van der Waals surface area contributed by atoms with Gasteiger partial charge in [-0.3, -0.25) is 4.79 Å². The summed E-state index contributed by atoms with van der Waals surface area (Å²) in [7, 11) is 3.43. The van der Waals surface area contributed by atoms with Crippen LogP contribution in [0.5, 0.6) is 0 Å². The van der Waals surface area contributed by atoms with Gasteiger partial charge in [0.15, 0.2) is 0 Å². The highest BCUT2D eigenvalue weighted by Gasteiger charge is 2.39. The van der Waals surface area contributed by atoms with E-state index in [-0.39, 0.29) is 11.5 Å². The van der Waals surface area contributed by atoms with Crippen LogP contribution >= 0.6 is 15.9 Å². The van der Waals surface area contributed by atoms with Crippen molar-refractivity contribution in [1.82, 2.24) is 0 Å². The molecule has 0 spiro atoms. The first-order chi connectivity index (χ1) is 8.97. The van der Waals surface area contributed by atoms with E-state index >= 15 is 0 Å². The molecule has 0 atom stereocenters. The molecule has 1 aromatic carbocycles. The van der Waals surface area contributed by atoms with Gasteiger partial charge in [-0.2, -0.15) is 0 Å². The van der Waals surface area contributed by atoms with Crippen molar-refractivity contribution >= 4 is 33.2 Å². The number of rotatable bonds is 4.